The fourth-order valence-corrected chi connectivity index (χ4v) is 3.23. The van der Waals surface area contributed by atoms with E-state index >= 15 is 0 Å². The number of benzene rings is 1. The van der Waals surface area contributed by atoms with E-state index in [-0.39, 0.29) is 5.82 Å². The van der Waals surface area contributed by atoms with Crippen LogP contribution in [0.25, 0.3) is 16.2 Å². The third-order valence-corrected chi connectivity index (χ3v) is 4.01. The lowest BCUT2D eigenvalue weighted by atomic mass is 10.1. The molecule has 0 aliphatic carbocycles. The molecule has 3 aromatic rings. The molecule has 3 rings (SSSR count). The third kappa shape index (κ3) is 2.05. The van der Waals surface area contributed by atoms with Gasteiger partial charge in [-0.05, 0) is 43.3 Å². The predicted molar refractivity (Wildman–Crippen MR) is 76.0 cm³/mol. The van der Waals surface area contributed by atoms with E-state index in [0.29, 0.717) is 6.54 Å². The lowest BCUT2D eigenvalue weighted by Crippen LogP contribution is -2.06. The summed E-state index contributed by atoms with van der Waals surface area (Å²) in [5.41, 5.74) is 9.86. The maximum atomic E-state index is 13.0. The highest BCUT2D eigenvalue weighted by atomic mass is 32.1. The molecule has 3 nitrogen and oxygen atoms in total. The van der Waals surface area contributed by atoms with E-state index < -0.39 is 0 Å². The molecule has 0 amide bonds. The molecule has 0 saturated heterocycles. The van der Waals surface area contributed by atoms with Crippen LogP contribution < -0.4 is 5.73 Å². The Labute approximate surface area is 114 Å². The molecule has 2 N–H and O–H groups in total. The summed E-state index contributed by atoms with van der Waals surface area (Å²) in [6.45, 7) is 2.59. The second-order valence-electron chi connectivity index (χ2n) is 4.43. The normalized spacial score (nSPS) is 11.3. The lowest BCUT2D eigenvalue weighted by molar-refractivity contribution is 0.628. The van der Waals surface area contributed by atoms with Crippen LogP contribution in [0, 0.1) is 12.7 Å². The first-order valence-electron chi connectivity index (χ1n) is 6.12. The fraction of sp³-hybridized carbons (Fsp3) is 0.214. The van der Waals surface area contributed by atoms with Gasteiger partial charge in [0.15, 0.2) is 4.96 Å². The maximum Gasteiger partial charge on any atom is 0.194 e. The predicted octanol–water partition coefficient (Wildman–Crippen LogP) is 3.01. The van der Waals surface area contributed by atoms with Crippen LogP contribution in [0.1, 0.15) is 11.4 Å². The largest absolute Gasteiger partial charge is 0.330 e. The van der Waals surface area contributed by atoms with Gasteiger partial charge in [0, 0.05) is 17.5 Å². The summed E-state index contributed by atoms with van der Waals surface area (Å²) >= 11 is 1.59. The number of thiazole rings is 1. The number of rotatable bonds is 3. The highest BCUT2D eigenvalue weighted by Gasteiger charge is 2.14. The molecule has 0 aliphatic rings. The zero-order valence-electron chi connectivity index (χ0n) is 10.6. The molecular formula is C14H14FN3S. The SMILES string of the molecule is Cc1nc2scc(-c3ccc(F)cc3)n2c1CCN. The number of halogens is 1. The number of fused-ring (bicyclic) bond motifs is 1. The average molecular weight is 275 g/mol. The topological polar surface area (TPSA) is 43.3 Å². The molecule has 0 aliphatic heterocycles. The number of aryl methyl sites for hydroxylation is 1. The Balaban J connectivity index is 2.21. The number of hydrogen-bond acceptors (Lipinski definition) is 3. The third-order valence-electron chi connectivity index (χ3n) is 3.18. The first kappa shape index (κ1) is 12.3. The second kappa shape index (κ2) is 4.75. The van der Waals surface area contributed by atoms with E-state index in [1.165, 1.54) is 12.1 Å². The molecule has 0 bridgehead atoms. The van der Waals surface area contributed by atoms with Crippen LogP contribution in [0.3, 0.4) is 0 Å². The van der Waals surface area contributed by atoms with Gasteiger partial charge in [0.2, 0.25) is 0 Å². The number of hydrogen-bond donors (Lipinski definition) is 1. The average Bonchev–Trinajstić information content (AvgIpc) is 2.92. The Kier molecular flexibility index (Phi) is 3.08. The van der Waals surface area contributed by atoms with Crippen LogP contribution >= 0.6 is 11.3 Å². The van der Waals surface area contributed by atoms with Crippen molar-refractivity contribution in [1.29, 1.82) is 0 Å². The van der Waals surface area contributed by atoms with Gasteiger partial charge in [-0.25, -0.2) is 9.37 Å². The van der Waals surface area contributed by atoms with E-state index in [9.17, 15) is 4.39 Å². The summed E-state index contributed by atoms with van der Waals surface area (Å²) in [5.74, 6) is -0.223. The zero-order chi connectivity index (χ0) is 13.4. The van der Waals surface area contributed by atoms with Gasteiger partial charge in [-0.15, -0.1) is 11.3 Å². The summed E-state index contributed by atoms with van der Waals surface area (Å²) in [6.07, 6.45) is 0.790. The Morgan fingerprint density at radius 2 is 2.05 bits per heavy atom. The Hall–Kier alpha value is -1.72. The van der Waals surface area contributed by atoms with Gasteiger partial charge in [-0.2, -0.15) is 0 Å². The Morgan fingerprint density at radius 1 is 1.32 bits per heavy atom. The van der Waals surface area contributed by atoms with Gasteiger partial charge in [-0.3, -0.25) is 4.40 Å². The van der Waals surface area contributed by atoms with Crippen LogP contribution in [0.4, 0.5) is 4.39 Å². The molecule has 0 atom stereocenters. The lowest BCUT2D eigenvalue weighted by Gasteiger charge is -2.04. The second-order valence-corrected chi connectivity index (χ2v) is 5.26. The summed E-state index contributed by atoms with van der Waals surface area (Å²) in [7, 11) is 0. The molecule has 5 heteroatoms. The maximum absolute atomic E-state index is 13.0. The van der Waals surface area contributed by atoms with Crippen molar-refractivity contribution >= 4 is 16.3 Å². The summed E-state index contributed by atoms with van der Waals surface area (Å²) in [4.78, 5) is 5.51. The van der Waals surface area contributed by atoms with Gasteiger partial charge in [0.25, 0.3) is 0 Å². The highest BCUT2D eigenvalue weighted by molar-refractivity contribution is 7.15. The first-order valence-corrected chi connectivity index (χ1v) is 7.00. The summed E-state index contributed by atoms with van der Waals surface area (Å²) < 4.78 is 15.1. The number of nitrogens with zero attached hydrogens (tertiary/aromatic N) is 2. The van der Waals surface area contributed by atoms with E-state index in [1.54, 1.807) is 23.5 Å². The molecule has 0 radical (unpaired) electrons. The van der Waals surface area contributed by atoms with Crippen molar-refractivity contribution in [2.24, 2.45) is 5.73 Å². The monoisotopic (exact) mass is 275 g/mol. The van der Waals surface area contributed by atoms with Crippen molar-refractivity contribution in [3.8, 4) is 11.3 Å². The van der Waals surface area contributed by atoms with Gasteiger partial charge in [-0.1, -0.05) is 0 Å². The number of nitrogens with two attached hydrogens (primary N) is 1. The van der Waals surface area contributed by atoms with Crippen LogP contribution in [-0.4, -0.2) is 15.9 Å². The van der Waals surface area contributed by atoms with Gasteiger partial charge >= 0.3 is 0 Å². The minimum atomic E-state index is -0.223. The van der Waals surface area contributed by atoms with Crippen molar-refractivity contribution in [2.45, 2.75) is 13.3 Å². The van der Waals surface area contributed by atoms with Crippen LogP contribution in [0.2, 0.25) is 0 Å². The minimum absolute atomic E-state index is 0.223. The molecule has 0 spiro atoms. The molecule has 1 aromatic carbocycles. The minimum Gasteiger partial charge on any atom is -0.330 e. The van der Waals surface area contributed by atoms with Crippen molar-refractivity contribution in [3.05, 3.63) is 46.9 Å². The molecule has 98 valence electrons. The van der Waals surface area contributed by atoms with Crippen molar-refractivity contribution in [2.75, 3.05) is 6.54 Å². The fourth-order valence-electron chi connectivity index (χ4n) is 2.27. The van der Waals surface area contributed by atoms with Gasteiger partial charge in [0.05, 0.1) is 11.4 Å². The molecule has 19 heavy (non-hydrogen) atoms. The standard InChI is InChI=1S/C14H14FN3S/c1-9-12(6-7-16)18-13(8-19-14(18)17-9)10-2-4-11(15)5-3-10/h2-5,8H,6-7,16H2,1H3. The summed E-state index contributed by atoms with van der Waals surface area (Å²) in [5, 5.41) is 2.05. The molecule has 0 fully saturated rings. The van der Waals surface area contributed by atoms with E-state index in [1.807, 2.05) is 6.92 Å². The van der Waals surface area contributed by atoms with Crippen LogP contribution in [0.5, 0.6) is 0 Å². The summed E-state index contributed by atoms with van der Waals surface area (Å²) in [6, 6.07) is 6.53. The smallest absolute Gasteiger partial charge is 0.194 e. The zero-order valence-corrected chi connectivity index (χ0v) is 11.4. The quantitative estimate of drug-likeness (QED) is 0.798. The highest BCUT2D eigenvalue weighted by Crippen LogP contribution is 2.29. The van der Waals surface area contributed by atoms with Crippen LogP contribution in [0.15, 0.2) is 29.6 Å². The van der Waals surface area contributed by atoms with Crippen molar-refractivity contribution in [1.82, 2.24) is 9.38 Å². The van der Waals surface area contributed by atoms with Crippen LogP contribution in [-0.2, 0) is 6.42 Å². The Morgan fingerprint density at radius 3 is 2.74 bits per heavy atom. The van der Waals surface area contributed by atoms with Gasteiger partial charge in [0.1, 0.15) is 5.82 Å². The molecule has 2 aromatic heterocycles. The molecule has 2 heterocycles. The van der Waals surface area contributed by atoms with E-state index in [4.69, 9.17) is 5.73 Å². The number of aromatic nitrogens is 2. The van der Waals surface area contributed by atoms with E-state index in [0.717, 1.165) is 34.0 Å². The van der Waals surface area contributed by atoms with Gasteiger partial charge < -0.3 is 5.73 Å². The Bertz CT molecular complexity index is 712. The van der Waals surface area contributed by atoms with Crippen molar-refractivity contribution in [3.63, 3.8) is 0 Å². The molecular weight excluding hydrogens is 261 g/mol. The molecule has 0 saturated carbocycles. The van der Waals surface area contributed by atoms with Crippen molar-refractivity contribution < 1.29 is 4.39 Å². The van der Waals surface area contributed by atoms with E-state index in [2.05, 4.69) is 14.8 Å². The first-order chi connectivity index (χ1) is 9.20. The number of imidazole rings is 1. The molecule has 0 unspecified atom stereocenters.